The van der Waals surface area contributed by atoms with Gasteiger partial charge in [-0.05, 0) is 12.3 Å². The second-order valence-corrected chi connectivity index (χ2v) is 6.97. The van der Waals surface area contributed by atoms with Crippen molar-refractivity contribution in [3.63, 3.8) is 0 Å². The van der Waals surface area contributed by atoms with E-state index in [1.807, 2.05) is 16.7 Å². The Morgan fingerprint density at radius 1 is 1.50 bits per heavy atom. The molecule has 114 valence electrons. The Labute approximate surface area is 125 Å². The van der Waals surface area contributed by atoms with E-state index in [-0.39, 0.29) is 5.91 Å². The Hall–Kier alpha value is -0.750. The molecule has 2 aliphatic rings. The van der Waals surface area contributed by atoms with Gasteiger partial charge < -0.3 is 15.0 Å². The third kappa shape index (κ3) is 4.98. The normalized spacial score (nSPS) is 23.1. The van der Waals surface area contributed by atoms with Crippen molar-refractivity contribution >= 4 is 22.8 Å². The minimum Gasteiger partial charge on any atom is -0.378 e. The van der Waals surface area contributed by atoms with Crippen molar-refractivity contribution in [2.45, 2.75) is 31.9 Å². The molecule has 1 fully saturated rings. The van der Waals surface area contributed by atoms with E-state index >= 15 is 0 Å². The predicted octanol–water partition coefficient (Wildman–Crippen LogP) is 1.34. The van der Waals surface area contributed by atoms with E-state index in [4.69, 9.17) is 4.74 Å². The first-order valence-electron chi connectivity index (χ1n) is 7.45. The number of amides is 1. The minimum atomic E-state index is 0.211. The van der Waals surface area contributed by atoms with Crippen LogP contribution in [-0.2, 0) is 9.53 Å². The first-order valence-corrected chi connectivity index (χ1v) is 8.33. The molecule has 0 bridgehead atoms. The molecule has 1 saturated heterocycles. The molecule has 20 heavy (non-hydrogen) atoms. The Bertz CT molecular complexity index is 354. The van der Waals surface area contributed by atoms with Crippen molar-refractivity contribution in [1.82, 2.24) is 10.2 Å². The van der Waals surface area contributed by atoms with Crippen LogP contribution in [0.4, 0.5) is 0 Å². The van der Waals surface area contributed by atoms with Crippen LogP contribution in [0.15, 0.2) is 4.99 Å². The highest BCUT2D eigenvalue weighted by atomic mass is 32.2. The van der Waals surface area contributed by atoms with Crippen LogP contribution in [0, 0.1) is 5.92 Å². The maximum Gasteiger partial charge on any atom is 0.224 e. The fourth-order valence-corrected chi connectivity index (χ4v) is 3.69. The molecular formula is C14H25N3O2S. The largest absolute Gasteiger partial charge is 0.378 e. The molecular weight excluding hydrogens is 274 g/mol. The zero-order valence-electron chi connectivity index (χ0n) is 12.4. The summed E-state index contributed by atoms with van der Waals surface area (Å²) in [7, 11) is 0. The second-order valence-electron chi connectivity index (χ2n) is 5.69. The summed E-state index contributed by atoms with van der Waals surface area (Å²) in [6.45, 7) is 8.85. The minimum absolute atomic E-state index is 0.211. The summed E-state index contributed by atoms with van der Waals surface area (Å²) in [5, 5.41) is 4.90. The molecule has 0 aliphatic carbocycles. The van der Waals surface area contributed by atoms with E-state index in [9.17, 15) is 4.79 Å². The van der Waals surface area contributed by atoms with Gasteiger partial charge in [0.15, 0.2) is 5.17 Å². The van der Waals surface area contributed by atoms with Crippen LogP contribution >= 0.6 is 11.8 Å². The van der Waals surface area contributed by atoms with Gasteiger partial charge in [-0.15, -0.1) is 0 Å². The van der Waals surface area contributed by atoms with Crippen LogP contribution < -0.4 is 5.32 Å². The summed E-state index contributed by atoms with van der Waals surface area (Å²) in [5.74, 6) is 0.924. The molecule has 0 aromatic heterocycles. The van der Waals surface area contributed by atoms with Crippen LogP contribution in [0.25, 0.3) is 0 Å². The van der Waals surface area contributed by atoms with Crippen molar-refractivity contribution < 1.29 is 9.53 Å². The zero-order valence-corrected chi connectivity index (χ0v) is 13.2. The van der Waals surface area contributed by atoms with Gasteiger partial charge >= 0.3 is 0 Å². The maximum absolute atomic E-state index is 12.0. The number of amidine groups is 1. The van der Waals surface area contributed by atoms with Gasteiger partial charge in [0.25, 0.3) is 0 Å². The molecule has 1 atom stereocenters. The predicted molar refractivity (Wildman–Crippen MR) is 83.2 cm³/mol. The molecule has 6 heteroatoms. The van der Waals surface area contributed by atoms with Gasteiger partial charge in [-0.1, -0.05) is 25.6 Å². The number of aliphatic imine (C=N–C) groups is 1. The average molecular weight is 299 g/mol. The van der Waals surface area contributed by atoms with Gasteiger partial charge in [0.1, 0.15) is 0 Å². The van der Waals surface area contributed by atoms with Crippen LogP contribution in [0.1, 0.15) is 26.7 Å². The van der Waals surface area contributed by atoms with Crippen LogP contribution in [0.3, 0.4) is 0 Å². The van der Waals surface area contributed by atoms with Gasteiger partial charge in [-0.3, -0.25) is 9.79 Å². The quantitative estimate of drug-likeness (QED) is 0.832. The number of nitrogens with one attached hydrogen (secondary N) is 1. The standard InChI is InChI=1S/C14H25N3O2S/c1-11(2)9-12-10-16-14(20-12)15-4-3-13(18)17-5-7-19-8-6-17/h11-12H,3-10H2,1-2H3,(H,15,16). The van der Waals surface area contributed by atoms with Gasteiger partial charge in [0, 0.05) is 31.3 Å². The number of nitrogens with zero attached hydrogens (tertiary/aromatic N) is 2. The Kier molecular flexibility index (Phi) is 6.16. The number of thioether (sulfide) groups is 1. The van der Waals surface area contributed by atoms with E-state index in [0.717, 1.165) is 24.8 Å². The molecule has 2 rings (SSSR count). The molecule has 0 spiro atoms. The average Bonchev–Trinajstić information content (AvgIpc) is 2.86. The number of ether oxygens (including phenoxy) is 1. The highest BCUT2D eigenvalue weighted by Crippen LogP contribution is 2.25. The third-order valence-electron chi connectivity index (χ3n) is 3.43. The fraction of sp³-hybridized carbons (Fsp3) is 0.857. The molecule has 1 amide bonds. The van der Waals surface area contributed by atoms with E-state index in [2.05, 4.69) is 24.2 Å². The Balaban J connectivity index is 1.60. The molecule has 0 saturated carbocycles. The summed E-state index contributed by atoms with van der Waals surface area (Å²) < 4.78 is 5.25. The highest BCUT2D eigenvalue weighted by molar-refractivity contribution is 8.14. The number of morpholine rings is 1. The molecule has 2 heterocycles. The Morgan fingerprint density at radius 2 is 2.25 bits per heavy atom. The van der Waals surface area contributed by atoms with Gasteiger partial charge in [-0.25, -0.2) is 0 Å². The first-order chi connectivity index (χ1) is 9.65. The number of carbonyl (C=O) groups is 1. The summed E-state index contributed by atoms with van der Waals surface area (Å²) in [6.07, 6.45) is 1.74. The smallest absolute Gasteiger partial charge is 0.224 e. The van der Waals surface area contributed by atoms with Crippen LogP contribution in [0.2, 0.25) is 0 Å². The van der Waals surface area contributed by atoms with E-state index in [0.29, 0.717) is 37.3 Å². The first kappa shape index (κ1) is 15.6. The number of carbonyl (C=O) groups excluding carboxylic acids is 1. The highest BCUT2D eigenvalue weighted by Gasteiger charge is 2.21. The fourth-order valence-electron chi connectivity index (χ4n) is 2.41. The number of hydrogen-bond donors (Lipinski definition) is 1. The molecule has 1 N–H and O–H groups in total. The van der Waals surface area contributed by atoms with Gasteiger partial charge in [0.2, 0.25) is 5.91 Å². The van der Waals surface area contributed by atoms with Crippen molar-refractivity contribution in [3.8, 4) is 0 Å². The monoisotopic (exact) mass is 299 g/mol. The lowest BCUT2D eigenvalue weighted by Gasteiger charge is -2.26. The van der Waals surface area contributed by atoms with E-state index in [1.165, 1.54) is 6.42 Å². The Morgan fingerprint density at radius 3 is 2.95 bits per heavy atom. The molecule has 0 aromatic carbocycles. The number of rotatable bonds is 5. The topological polar surface area (TPSA) is 53.9 Å². The molecule has 2 aliphatic heterocycles. The molecule has 0 aromatic rings. The molecule has 0 radical (unpaired) electrons. The summed E-state index contributed by atoms with van der Waals surface area (Å²) >= 11 is 1.82. The lowest BCUT2D eigenvalue weighted by atomic mass is 10.1. The zero-order chi connectivity index (χ0) is 14.4. The van der Waals surface area contributed by atoms with Gasteiger partial charge in [0.05, 0.1) is 19.8 Å². The SMILES string of the molecule is CC(C)CC1CN=C(NCCC(=O)N2CCOCC2)S1. The van der Waals surface area contributed by atoms with Crippen LogP contribution in [-0.4, -0.2) is 60.6 Å². The second kappa shape index (κ2) is 7.88. The molecule has 5 nitrogen and oxygen atoms in total. The van der Waals surface area contributed by atoms with Crippen molar-refractivity contribution in [2.75, 3.05) is 39.4 Å². The summed E-state index contributed by atoms with van der Waals surface area (Å²) in [6, 6.07) is 0. The van der Waals surface area contributed by atoms with Crippen molar-refractivity contribution in [1.29, 1.82) is 0 Å². The van der Waals surface area contributed by atoms with Gasteiger partial charge in [-0.2, -0.15) is 0 Å². The van der Waals surface area contributed by atoms with Crippen molar-refractivity contribution in [2.24, 2.45) is 10.9 Å². The summed E-state index contributed by atoms with van der Waals surface area (Å²) in [4.78, 5) is 18.4. The maximum atomic E-state index is 12.0. The lowest BCUT2D eigenvalue weighted by Crippen LogP contribution is -2.41. The van der Waals surface area contributed by atoms with E-state index < -0.39 is 0 Å². The third-order valence-corrected chi connectivity index (χ3v) is 4.60. The van der Waals surface area contributed by atoms with E-state index in [1.54, 1.807) is 0 Å². The van der Waals surface area contributed by atoms with Crippen molar-refractivity contribution in [3.05, 3.63) is 0 Å². The number of hydrogen-bond acceptors (Lipinski definition) is 5. The van der Waals surface area contributed by atoms with Crippen LogP contribution in [0.5, 0.6) is 0 Å². The molecule has 1 unspecified atom stereocenters. The summed E-state index contributed by atoms with van der Waals surface area (Å²) in [5.41, 5.74) is 0. The lowest BCUT2D eigenvalue weighted by molar-refractivity contribution is -0.135.